The highest BCUT2D eigenvalue weighted by Crippen LogP contribution is 2.39. The predicted octanol–water partition coefficient (Wildman–Crippen LogP) is 2.58. The van der Waals surface area contributed by atoms with Crippen molar-refractivity contribution in [1.82, 2.24) is 14.8 Å². The second-order valence-corrected chi connectivity index (χ2v) is 7.04. The first-order valence-electron chi connectivity index (χ1n) is 8.16. The highest BCUT2D eigenvalue weighted by atomic mass is 16.2. The van der Waals surface area contributed by atoms with Crippen molar-refractivity contribution in [3.05, 3.63) is 36.0 Å². The Kier molecular flexibility index (Phi) is 3.22. The molecule has 2 aromatic rings. The van der Waals surface area contributed by atoms with E-state index in [4.69, 9.17) is 0 Å². The van der Waals surface area contributed by atoms with Gasteiger partial charge in [-0.15, -0.1) is 0 Å². The van der Waals surface area contributed by atoms with Gasteiger partial charge in [0.2, 0.25) is 0 Å². The minimum atomic E-state index is 0.192. The molecular formula is C18H23N3O. The minimum Gasteiger partial charge on any atom is -0.361 e. The zero-order valence-corrected chi connectivity index (χ0v) is 13.2. The number of piperidine rings is 1. The van der Waals surface area contributed by atoms with Crippen LogP contribution in [0.4, 0.5) is 0 Å². The zero-order chi connectivity index (χ0) is 15.3. The molecule has 1 aromatic carbocycles. The van der Waals surface area contributed by atoms with Gasteiger partial charge in [-0.05, 0) is 63.0 Å². The Labute approximate surface area is 131 Å². The highest BCUT2D eigenvalue weighted by molar-refractivity contribution is 5.98. The molecule has 2 aliphatic rings. The topological polar surface area (TPSA) is 39.3 Å². The Morgan fingerprint density at radius 3 is 2.59 bits per heavy atom. The molecule has 3 atom stereocenters. The Morgan fingerprint density at radius 2 is 1.91 bits per heavy atom. The standard InChI is InChI=1S/C18H23N3O/c1-20(2)17-14-3-4-15(17)11-21(10-14)18(22)13-5-6-16-12(9-13)7-8-19-16/h5-9,14-15,17,19H,3-4,10-11H2,1-2H3/t14-,15+,17?. The number of aromatic nitrogens is 1. The van der Waals surface area contributed by atoms with Crippen molar-refractivity contribution in [2.75, 3.05) is 27.2 Å². The zero-order valence-electron chi connectivity index (χ0n) is 13.2. The van der Waals surface area contributed by atoms with Gasteiger partial charge in [0.15, 0.2) is 0 Å². The summed E-state index contributed by atoms with van der Waals surface area (Å²) in [5.41, 5.74) is 1.90. The van der Waals surface area contributed by atoms with Crippen LogP contribution in [-0.4, -0.2) is 53.9 Å². The van der Waals surface area contributed by atoms with Crippen molar-refractivity contribution in [3.63, 3.8) is 0 Å². The van der Waals surface area contributed by atoms with E-state index < -0.39 is 0 Å². The maximum absolute atomic E-state index is 12.9. The van der Waals surface area contributed by atoms with Gasteiger partial charge in [0.25, 0.3) is 5.91 Å². The summed E-state index contributed by atoms with van der Waals surface area (Å²) in [7, 11) is 4.35. The second kappa shape index (κ2) is 5.13. The van der Waals surface area contributed by atoms with Crippen LogP contribution >= 0.6 is 0 Å². The molecule has 22 heavy (non-hydrogen) atoms. The molecule has 0 spiro atoms. The molecule has 1 amide bonds. The summed E-state index contributed by atoms with van der Waals surface area (Å²) in [6.45, 7) is 1.81. The number of hydrogen-bond acceptors (Lipinski definition) is 2. The van der Waals surface area contributed by atoms with Crippen molar-refractivity contribution >= 4 is 16.8 Å². The van der Waals surface area contributed by atoms with Crippen LogP contribution in [0.2, 0.25) is 0 Å². The Morgan fingerprint density at radius 1 is 1.18 bits per heavy atom. The van der Waals surface area contributed by atoms with E-state index in [1.54, 1.807) is 0 Å². The van der Waals surface area contributed by atoms with Crippen molar-refractivity contribution in [3.8, 4) is 0 Å². The lowest BCUT2D eigenvalue weighted by Gasteiger charge is -2.41. The highest BCUT2D eigenvalue weighted by Gasteiger charge is 2.44. The lowest BCUT2D eigenvalue weighted by molar-refractivity contribution is 0.0488. The van der Waals surface area contributed by atoms with Gasteiger partial charge in [-0.3, -0.25) is 4.79 Å². The number of benzene rings is 1. The van der Waals surface area contributed by atoms with Gasteiger partial charge < -0.3 is 14.8 Å². The van der Waals surface area contributed by atoms with Crippen LogP contribution in [0.1, 0.15) is 23.2 Å². The number of nitrogens with one attached hydrogen (secondary N) is 1. The van der Waals surface area contributed by atoms with E-state index in [0.717, 1.165) is 29.6 Å². The molecule has 116 valence electrons. The summed E-state index contributed by atoms with van der Waals surface area (Å²) in [4.78, 5) is 20.5. The number of carbonyl (C=O) groups is 1. The summed E-state index contributed by atoms with van der Waals surface area (Å²) in [5, 5.41) is 1.11. The van der Waals surface area contributed by atoms with Crippen LogP contribution < -0.4 is 0 Å². The molecule has 1 aliphatic heterocycles. The molecule has 4 heteroatoms. The lowest BCUT2D eigenvalue weighted by atomic mass is 9.91. The van der Waals surface area contributed by atoms with Gasteiger partial charge in [0.05, 0.1) is 0 Å². The number of nitrogens with zero attached hydrogens (tertiary/aromatic N) is 2. The molecule has 2 heterocycles. The first-order valence-corrected chi connectivity index (χ1v) is 8.16. The summed E-state index contributed by atoms with van der Waals surface area (Å²) < 4.78 is 0. The van der Waals surface area contributed by atoms with Gasteiger partial charge in [0.1, 0.15) is 0 Å². The van der Waals surface area contributed by atoms with Crippen molar-refractivity contribution in [2.45, 2.75) is 18.9 Å². The SMILES string of the molecule is CN(C)C1[C@@H]2CC[C@H]1CN(C(=O)c1ccc3[nH]ccc3c1)C2. The maximum atomic E-state index is 12.9. The number of aromatic amines is 1. The van der Waals surface area contributed by atoms with Crippen LogP contribution in [0.3, 0.4) is 0 Å². The van der Waals surface area contributed by atoms with Gasteiger partial charge in [-0.2, -0.15) is 0 Å². The first-order chi connectivity index (χ1) is 10.6. The summed E-state index contributed by atoms with van der Waals surface area (Å²) in [6.07, 6.45) is 4.43. The van der Waals surface area contributed by atoms with Gasteiger partial charge >= 0.3 is 0 Å². The number of likely N-dealkylation sites (tertiary alicyclic amines) is 1. The van der Waals surface area contributed by atoms with Crippen molar-refractivity contribution in [2.24, 2.45) is 11.8 Å². The number of rotatable bonds is 2. The molecule has 4 nitrogen and oxygen atoms in total. The second-order valence-electron chi connectivity index (χ2n) is 7.04. The Hall–Kier alpha value is -1.81. The van der Waals surface area contributed by atoms with Gasteiger partial charge in [0, 0.05) is 41.8 Å². The molecule has 1 aliphatic carbocycles. The molecule has 1 aromatic heterocycles. The molecule has 1 N–H and O–H groups in total. The number of hydrogen-bond donors (Lipinski definition) is 1. The fourth-order valence-corrected chi connectivity index (χ4v) is 4.57. The molecule has 1 saturated carbocycles. The van der Waals surface area contributed by atoms with Crippen LogP contribution in [0.25, 0.3) is 10.9 Å². The molecule has 2 bridgehead atoms. The molecule has 2 fully saturated rings. The largest absolute Gasteiger partial charge is 0.361 e. The fourth-order valence-electron chi connectivity index (χ4n) is 4.57. The van der Waals surface area contributed by atoms with E-state index in [9.17, 15) is 4.79 Å². The van der Waals surface area contributed by atoms with Crippen LogP contribution in [0, 0.1) is 11.8 Å². The molecule has 4 rings (SSSR count). The van der Waals surface area contributed by atoms with E-state index in [1.165, 1.54) is 12.8 Å². The third-order valence-electron chi connectivity index (χ3n) is 5.47. The summed E-state index contributed by atoms with van der Waals surface area (Å²) >= 11 is 0. The molecule has 1 unspecified atom stereocenters. The van der Waals surface area contributed by atoms with E-state index in [2.05, 4.69) is 28.9 Å². The van der Waals surface area contributed by atoms with E-state index in [-0.39, 0.29) is 5.91 Å². The van der Waals surface area contributed by atoms with Gasteiger partial charge in [-0.25, -0.2) is 0 Å². The Balaban J connectivity index is 1.56. The predicted molar refractivity (Wildman–Crippen MR) is 87.9 cm³/mol. The molecule has 0 radical (unpaired) electrons. The number of amides is 1. The smallest absolute Gasteiger partial charge is 0.253 e. The summed E-state index contributed by atoms with van der Waals surface area (Å²) in [6, 6.07) is 8.63. The summed E-state index contributed by atoms with van der Waals surface area (Å²) in [5.74, 6) is 1.46. The van der Waals surface area contributed by atoms with Crippen LogP contribution in [0.15, 0.2) is 30.5 Å². The third-order valence-corrected chi connectivity index (χ3v) is 5.47. The van der Waals surface area contributed by atoms with E-state index in [0.29, 0.717) is 17.9 Å². The minimum absolute atomic E-state index is 0.192. The van der Waals surface area contributed by atoms with Crippen LogP contribution in [-0.2, 0) is 0 Å². The van der Waals surface area contributed by atoms with Crippen molar-refractivity contribution < 1.29 is 4.79 Å². The lowest BCUT2D eigenvalue weighted by Crippen LogP contribution is -2.52. The average molecular weight is 297 g/mol. The molecular weight excluding hydrogens is 274 g/mol. The quantitative estimate of drug-likeness (QED) is 0.925. The monoisotopic (exact) mass is 297 g/mol. The third kappa shape index (κ3) is 2.13. The van der Waals surface area contributed by atoms with Crippen molar-refractivity contribution in [1.29, 1.82) is 0 Å². The first kappa shape index (κ1) is 13.8. The molecule has 1 saturated heterocycles. The number of fused-ring (bicyclic) bond motifs is 3. The van der Waals surface area contributed by atoms with Crippen LogP contribution in [0.5, 0.6) is 0 Å². The number of carbonyl (C=O) groups excluding carboxylic acids is 1. The fraction of sp³-hybridized carbons (Fsp3) is 0.500. The Bertz CT molecular complexity index is 691. The van der Waals surface area contributed by atoms with E-state index in [1.807, 2.05) is 30.5 Å². The van der Waals surface area contributed by atoms with E-state index >= 15 is 0 Å². The normalized spacial score (nSPS) is 27.8. The maximum Gasteiger partial charge on any atom is 0.253 e. The number of H-pyrrole nitrogens is 1. The average Bonchev–Trinajstić information content (AvgIpc) is 3.08. The van der Waals surface area contributed by atoms with Gasteiger partial charge in [-0.1, -0.05) is 0 Å².